The molecule has 0 aliphatic heterocycles. The van der Waals surface area contributed by atoms with Gasteiger partial charge in [0, 0.05) is 44.2 Å². The molecule has 0 radical (unpaired) electrons. The Labute approximate surface area is 313 Å². The van der Waals surface area contributed by atoms with E-state index >= 15 is 0 Å². The molecule has 0 bridgehead atoms. The van der Waals surface area contributed by atoms with E-state index in [1.165, 1.54) is 21.9 Å². The summed E-state index contributed by atoms with van der Waals surface area (Å²) < 4.78 is 6.54. The van der Waals surface area contributed by atoms with Crippen molar-refractivity contribution in [3.8, 4) is 33.9 Å². The average Bonchev–Trinajstić information content (AvgIpc) is 3.62. The Morgan fingerprint density at radius 1 is 0.444 bits per heavy atom. The third-order valence-electron chi connectivity index (χ3n) is 10.1. The molecule has 5 heteroatoms. The summed E-state index contributed by atoms with van der Waals surface area (Å²) in [5.41, 5.74) is 10.0. The molecular formula is C49H34N4O. The van der Waals surface area contributed by atoms with Crippen molar-refractivity contribution in [2.24, 2.45) is 0 Å². The van der Waals surface area contributed by atoms with Crippen molar-refractivity contribution in [1.82, 2.24) is 15.0 Å². The number of hydrogen-bond acceptors (Lipinski definition) is 5. The highest BCUT2D eigenvalue weighted by Crippen LogP contribution is 2.42. The SMILES string of the molecule is C1=CC(c2nc(-c3ccccc3)nc(-c3ccc4c(c3)oc3ccc(N(c5ccc(-c6ccccc6)cc5)c5cccc6ccccc56)cc34)n2)=CCC1. The van der Waals surface area contributed by atoms with E-state index in [1.54, 1.807) is 0 Å². The number of allylic oxidation sites excluding steroid dienone is 4. The summed E-state index contributed by atoms with van der Waals surface area (Å²) in [6, 6.07) is 57.2. The third kappa shape index (κ3) is 5.82. The number of benzene rings is 7. The molecule has 2 aromatic heterocycles. The second kappa shape index (κ2) is 13.5. The van der Waals surface area contributed by atoms with Gasteiger partial charge >= 0.3 is 0 Å². The minimum absolute atomic E-state index is 0.614. The minimum Gasteiger partial charge on any atom is -0.456 e. The number of anilines is 3. The molecule has 0 spiro atoms. The van der Waals surface area contributed by atoms with Crippen molar-refractivity contribution in [3.63, 3.8) is 0 Å². The Hall–Kier alpha value is -7.11. The standard InChI is InChI=1S/C49H34N4O/c1-4-13-33(14-5-1)34-23-26-39(27-24-34)53(44-22-12-20-35-15-10-11-21-41(35)44)40-28-30-45-43(32-40)42-29-25-38(31-46(42)54-45)49-51-47(36-16-6-2-7-17-36)50-48(52-49)37-18-8-3-9-19-37/h1-2,4-8,10-32H,3,9H2. The summed E-state index contributed by atoms with van der Waals surface area (Å²) in [7, 11) is 0. The summed E-state index contributed by atoms with van der Waals surface area (Å²) in [6.45, 7) is 0. The lowest BCUT2D eigenvalue weighted by Gasteiger charge is -2.27. The second-order valence-corrected chi connectivity index (χ2v) is 13.6. The van der Waals surface area contributed by atoms with Crippen LogP contribution in [0.4, 0.5) is 17.1 Å². The van der Waals surface area contributed by atoms with Gasteiger partial charge < -0.3 is 9.32 Å². The van der Waals surface area contributed by atoms with Crippen LogP contribution in [0.2, 0.25) is 0 Å². The van der Waals surface area contributed by atoms with Gasteiger partial charge in [0.1, 0.15) is 11.2 Å². The Balaban J connectivity index is 1.09. The molecule has 2 heterocycles. The zero-order valence-corrected chi connectivity index (χ0v) is 29.4. The summed E-state index contributed by atoms with van der Waals surface area (Å²) >= 11 is 0. The Kier molecular flexibility index (Phi) is 7.88. The molecular weight excluding hydrogens is 661 g/mol. The molecule has 5 nitrogen and oxygen atoms in total. The maximum atomic E-state index is 6.54. The lowest BCUT2D eigenvalue weighted by Crippen LogP contribution is -2.10. The molecule has 256 valence electrons. The first kappa shape index (κ1) is 31.6. The van der Waals surface area contributed by atoms with E-state index in [0.717, 1.165) is 68.5 Å². The molecule has 9 aromatic rings. The number of hydrogen-bond donors (Lipinski definition) is 0. The van der Waals surface area contributed by atoms with Gasteiger partial charge in [-0.3, -0.25) is 0 Å². The molecule has 0 amide bonds. The van der Waals surface area contributed by atoms with Crippen LogP contribution in [0.1, 0.15) is 18.7 Å². The zero-order valence-electron chi connectivity index (χ0n) is 29.4. The van der Waals surface area contributed by atoms with Gasteiger partial charge in [0.05, 0.1) is 5.69 Å². The molecule has 7 aromatic carbocycles. The quantitative estimate of drug-likeness (QED) is 0.166. The van der Waals surface area contributed by atoms with Gasteiger partial charge in [-0.1, -0.05) is 133 Å². The predicted molar refractivity (Wildman–Crippen MR) is 222 cm³/mol. The highest BCUT2D eigenvalue weighted by molar-refractivity contribution is 6.08. The Morgan fingerprint density at radius 3 is 1.91 bits per heavy atom. The van der Waals surface area contributed by atoms with Crippen LogP contribution in [0.3, 0.4) is 0 Å². The first-order chi connectivity index (χ1) is 26.7. The van der Waals surface area contributed by atoms with Crippen molar-refractivity contribution in [2.75, 3.05) is 4.90 Å². The van der Waals surface area contributed by atoms with E-state index in [1.807, 2.05) is 30.3 Å². The zero-order chi connectivity index (χ0) is 35.8. The van der Waals surface area contributed by atoms with Gasteiger partial charge in [-0.05, 0) is 77.9 Å². The molecule has 0 atom stereocenters. The van der Waals surface area contributed by atoms with Crippen LogP contribution in [0.5, 0.6) is 0 Å². The van der Waals surface area contributed by atoms with Gasteiger partial charge in [-0.2, -0.15) is 0 Å². The van der Waals surface area contributed by atoms with Crippen molar-refractivity contribution < 1.29 is 4.42 Å². The minimum atomic E-state index is 0.614. The van der Waals surface area contributed by atoms with Crippen LogP contribution < -0.4 is 4.90 Å². The lowest BCUT2D eigenvalue weighted by molar-refractivity contribution is 0.669. The fourth-order valence-corrected chi connectivity index (χ4v) is 7.44. The highest BCUT2D eigenvalue weighted by Gasteiger charge is 2.19. The topological polar surface area (TPSA) is 55.1 Å². The maximum Gasteiger partial charge on any atom is 0.164 e. The molecule has 54 heavy (non-hydrogen) atoms. The van der Waals surface area contributed by atoms with Crippen molar-refractivity contribution >= 4 is 55.3 Å². The summed E-state index contributed by atoms with van der Waals surface area (Å²) in [5.74, 6) is 1.94. The largest absolute Gasteiger partial charge is 0.456 e. The van der Waals surface area contributed by atoms with Crippen LogP contribution in [-0.4, -0.2) is 15.0 Å². The Morgan fingerprint density at radius 2 is 1.11 bits per heavy atom. The molecule has 1 aliphatic carbocycles. The van der Waals surface area contributed by atoms with Crippen molar-refractivity contribution in [1.29, 1.82) is 0 Å². The molecule has 0 N–H and O–H groups in total. The second-order valence-electron chi connectivity index (χ2n) is 13.6. The van der Waals surface area contributed by atoms with E-state index in [4.69, 9.17) is 19.4 Å². The molecule has 1 aliphatic rings. The predicted octanol–water partition coefficient (Wildman–Crippen LogP) is 13.1. The average molecular weight is 695 g/mol. The fraction of sp³-hybridized carbons (Fsp3) is 0.0408. The van der Waals surface area contributed by atoms with Gasteiger partial charge in [0.15, 0.2) is 17.5 Å². The van der Waals surface area contributed by atoms with Crippen molar-refractivity contribution in [2.45, 2.75) is 12.8 Å². The molecule has 0 saturated heterocycles. The van der Waals surface area contributed by atoms with Crippen LogP contribution >= 0.6 is 0 Å². The number of fused-ring (bicyclic) bond motifs is 4. The normalized spacial score (nSPS) is 12.7. The lowest BCUT2D eigenvalue weighted by atomic mass is 10.0. The van der Waals surface area contributed by atoms with Gasteiger partial charge in [0.25, 0.3) is 0 Å². The summed E-state index contributed by atoms with van der Waals surface area (Å²) in [6.07, 6.45) is 8.48. The third-order valence-corrected chi connectivity index (χ3v) is 10.1. The van der Waals surface area contributed by atoms with E-state index in [2.05, 4.69) is 157 Å². The summed E-state index contributed by atoms with van der Waals surface area (Å²) in [5, 5.41) is 4.44. The van der Waals surface area contributed by atoms with Gasteiger partial charge in [0.2, 0.25) is 0 Å². The molecule has 0 saturated carbocycles. The van der Waals surface area contributed by atoms with E-state index in [9.17, 15) is 0 Å². The van der Waals surface area contributed by atoms with E-state index in [0.29, 0.717) is 17.5 Å². The van der Waals surface area contributed by atoms with Gasteiger partial charge in [-0.25, -0.2) is 15.0 Å². The van der Waals surface area contributed by atoms with Crippen LogP contribution in [0.15, 0.2) is 186 Å². The highest BCUT2D eigenvalue weighted by atomic mass is 16.3. The first-order valence-corrected chi connectivity index (χ1v) is 18.3. The van der Waals surface area contributed by atoms with E-state index in [-0.39, 0.29) is 0 Å². The van der Waals surface area contributed by atoms with Crippen molar-refractivity contribution in [3.05, 3.63) is 188 Å². The summed E-state index contributed by atoms with van der Waals surface area (Å²) in [4.78, 5) is 17.2. The number of furan rings is 1. The van der Waals surface area contributed by atoms with Crippen LogP contribution in [0.25, 0.3) is 72.2 Å². The van der Waals surface area contributed by atoms with Crippen LogP contribution in [0, 0.1) is 0 Å². The smallest absolute Gasteiger partial charge is 0.164 e. The van der Waals surface area contributed by atoms with Crippen LogP contribution in [-0.2, 0) is 0 Å². The van der Waals surface area contributed by atoms with E-state index < -0.39 is 0 Å². The Bertz CT molecular complexity index is 2870. The first-order valence-electron chi connectivity index (χ1n) is 18.3. The molecule has 10 rings (SSSR count). The maximum absolute atomic E-state index is 6.54. The molecule has 0 unspecified atom stereocenters. The number of aromatic nitrogens is 3. The molecule has 0 fully saturated rings. The monoisotopic (exact) mass is 694 g/mol. The fourth-order valence-electron chi connectivity index (χ4n) is 7.44. The van der Waals surface area contributed by atoms with Gasteiger partial charge in [-0.15, -0.1) is 0 Å². The number of rotatable bonds is 7. The number of nitrogens with zero attached hydrogens (tertiary/aromatic N) is 4.